The van der Waals surface area contributed by atoms with E-state index in [1.54, 1.807) is 6.92 Å². The summed E-state index contributed by atoms with van der Waals surface area (Å²) in [5, 5.41) is 8.71. The first-order valence-electron chi connectivity index (χ1n) is 5.28. The number of carboxylic acids is 1. The highest BCUT2D eigenvalue weighted by Gasteiger charge is 2.41. The Bertz CT molecular complexity index is 326. The van der Waals surface area contributed by atoms with Gasteiger partial charge in [-0.15, -0.1) is 0 Å². The maximum Gasteiger partial charge on any atom is 0.307 e. The molecule has 16 heavy (non-hydrogen) atoms. The molecule has 1 rings (SSSR count). The average Bonchev–Trinajstić information content (AvgIpc) is 2.16. The van der Waals surface area contributed by atoms with E-state index >= 15 is 0 Å². The Kier molecular flexibility index (Phi) is 3.93. The SMILES string of the molecule is CCCC(=O)C1C(=O)CC(C(=O)O)CC1=O. The fraction of sp³-hybridized carbons (Fsp3) is 0.636. The van der Waals surface area contributed by atoms with Crippen LogP contribution in [0.25, 0.3) is 0 Å². The zero-order chi connectivity index (χ0) is 12.3. The van der Waals surface area contributed by atoms with E-state index < -0.39 is 29.4 Å². The number of carboxylic acid groups (broad SMARTS) is 1. The van der Waals surface area contributed by atoms with Gasteiger partial charge in [0.1, 0.15) is 5.92 Å². The van der Waals surface area contributed by atoms with Crippen LogP contribution >= 0.6 is 0 Å². The van der Waals surface area contributed by atoms with Gasteiger partial charge in [-0.3, -0.25) is 19.2 Å². The highest BCUT2D eigenvalue weighted by atomic mass is 16.4. The first kappa shape index (κ1) is 12.5. The molecular formula is C11H14O5. The van der Waals surface area contributed by atoms with Gasteiger partial charge in [0.05, 0.1) is 5.92 Å². The number of hydrogen-bond acceptors (Lipinski definition) is 4. The summed E-state index contributed by atoms with van der Waals surface area (Å²) in [6.07, 6.45) is 0.362. The molecule has 1 aliphatic rings. The van der Waals surface area contributed by atoms with Gasteiger partial charge in [-0.25, -0.2) is 0 Å². The summed E-state index contributed by atoms with van der Waals surface area (Å²) in [4.78, 5) is 45.2. The normalized spacial score (nSPS) is 25.6. The number of aliphatic carboxylic acids is 1. The fourth-order valence-electron chi connectivity index (χ4n) is 1.90. The van der Waals surface area contributed by atoms with Crippen LogP contribution in [0.2, 0.25) is 0 Å². The van der Waals surface area contributed by atoms with Crippen molar-refractivity contribution in [1.29, 1.82) is 0 Å². The molecule has 1 fully saturated rings. The Morgan fingerprint density at radius 2 is 1.75 bits per heavy atom. The first-order chi connectivity index (χ1) is 7.47. The lowest BCUT2D eigenvalue weighted by atomic mass is 9.77. The van der Waals surface area contributed by atoms with Crippen molar-refractivity contribution in [2.75, 3.05) is 0 Å². The number of ketones is 3. The summed E-state index contributed by atoms with van der Waals surface area (Å²) in [6.45, 7) is 1.79. The average molecular weight is 226 g/mol. The lowest BCUT2D eigenvalue weighted by Crippen LogP contribution is -2.40. The van der Waals surface area contributed by atoms with Crippen LogP contribution in [-0.2, 0) is 19.2 Å². The van der Waals surface area contributed by atoms with Crippen molar-refractivity contribution >= 4 is 23.3 Å². The van der Waals surface area contributed by atoms with E-state index in [4.69, 9.17) is 5.11 Å². The molecule has 5 nitrogen and oxygen atoms in total. The lowest BCUT2D eigenvalue weighted by Gasteiger charge is -2.22. The Balaban J connectivity index is 2.77. The third kappa shape index (κ3) is 2.53. The molecule has 0 saturated heterocycles. The maximum atomic E-state index is 11.5. The molecule has 1 aliphatic carbocycles. The van der Waals surface area contributed by atoms with E-state index in [2.05, 4.69) is 0 Å². The van der Waals surface area contributed by atoms with Gasteiger partial charge >= 0.3 is 5.97 Å². The molecule has 0 unspecified atom stereocenters. The number of rotatable bonds is 4. The van der Waals surface area contributed by atoms with Crippen molar-refractivity contribution in [2.24, 2.45) is 11.8 Å². The molecule has 0 bridgehead atoms. The zero-order valence-corrected chi connectivity index (χ0v) is 9.06. The molecule has 0 amide bonds. The second-order valence-corrected chi connectivity index (χ2v) is 4.03. The molecule has 0 aromatic carbocycles. The minimum Gasteiger partial charge on any atom is -0.481 e. The summed E-state index contributed by atoms with van der Waals surface area (Å²) in [5.74, 6) is -4.75. The highest BCUT2D eigenvalue weighted by Crippen LogP contribution is 2.25. The fourth-order valence-corrected chi connectivity index (χ4v) is 1.90. The molecule has 0 aromatic heterocycles. The number of Topliss-reactive ketones (excluding diaryl/α,β-unsaturated/α-hetero) is 3. The molecular weight excluding hydrogens is 212 g/mol. The van der Waals surface area contributed by atoms with Crippen molar-refractivity contribution < 1.29 is 24.3 Å². The molecule has 0 aliphatic heterocycles. The maximum absolute atomic E-state index is 11.5. The van der Waals surface area contributed by atoms with Crippen LogP contribution in [-0.4, -0.2) is 28.4 Å². The van der Waals surface area contributed by atoms with Crippen molar-refractivity contribution in [3.05, 3.63) is 0 Å². The summed E-state index contributed by atoms with van der Waals surface area (Å²) >= 11 is 0. The molecule has 0 atom stereocenters. The third-order valence-corrected chi connectivity index (χ3v) is 2.71. The smallest absolute Gasteiger partial charge is 0.307 e. The van der Waals surface area contributed by atoms with Crippen LogP contribution in [0.4, 0.5) is 0 Å². The highest BCUT2D eigenvalue weighted by molar-refractivity contribution is 6.21. The molecule has 88 valence electrons. The van der Waals surface area contributed by atoms with Gasteiger partial charge in [-0.1, -0.05) is 6.92 Å². The van der Waals surface area contributed by atoms with Gasteiger partial charge in [0, 0.05) is 19.3 Å². The Morgan fingerprint density at radius 3 is 2.12 bits per heavy atom. The van der Waals surface area contributed by atoms with Crippen LogP contribution in [0, 0.1) is 11.8 Å². The predicted molar refractivity (Wildman–Crippen MR) is 53.8 cm³/mol. The predicted octanol–water partition coefficient (Wildman–Crippen LogP) is 0.605. The van der Waals surface area contributed by atoms with Crippen molar-refractivity contribution in [3.63, 3.8) is 0 Å². The summed E-state index contributed by atoms with van der Waals surface area (Å²) in [6, 6.07) is 0. The van der Waals surface area contributed by atoms with Gasteiger partial charge in [-0.2, -0.15) is 0 Å². The second kappa shape index (κ2) is 5.01. The molecule has 0 spiro atoms. The van der Waals surface area contributed by atoms with E-state index in [0.29, 0.717) is 6.42 Å². The van der Waals surface area contributed by atoms with E-state index in [-0.39, 0.29) is 25.0 Å². The van der Waals surface area contributed by atoms with Crippen molar-refractivity contribution in [3.8, 4) is 0 Å². The van der Waals surface area contributed by atoms with Gasteiger partial charge in [0.25, 0.3) is 0 Å². The summed E-state index contributed by atoms with van der Waals surface area (Å²) < 4.78 is 0. The van der Waals surface area contributed by atoms with Crippen molar-refractivity contribution in [1.82, 2.24) is 0 Å². The summed E-state index contributed by atoms with van der Waals surface area (Å²) in [7, 11) is 0. The van der Waals surface area contributed by atoms with Crippen LogP contribution in [0.1, 0.15) is 32.6 Å². The van der Waals surface area contributed by atoms with Crippen LogP contribution < -0.4 is 0 Å². The van der Waals surface area contributed by atoms with Gasteiger partial charge in [-0.05, 0) is 6.42 Å². The Hall–Kier alpha value is -1.52. The van der Waals surface area contributed by atoms with Gasteiger partial charge < -0.3 is 5.11 Å². The van der Waals surface area contributed by atoms with E-state index in [1.165, 1.54) is 0 Å². The molecule has 0 aromatic rings. The van der Waals surface area contributed by atoms with Gasteiger partial charge in [0.15, 0.2) is 17.3 Å². The van der Waals surface area contributed by atoms with Crippen LogP contribution in [0.3, 0.4) is 0 Å². The van der Waals surface area contributed by atoms with E-state index in [1.807, 2.05) is 0 Å². The molecule has 1 N–H and O–H groups in total. The minimum atomic E-state index is -1.20. The van der Waals surface area contributed by atoms with E-state index in [0.717, 1.165) is 0 Å². The molecule has 5 heteroatoms. The Labute approximate surface area is 92.8 Å². The monoisotopic (exact) mass is 226 g/mol. The quantitative estimate of drug-likeness (QED) is 0.709. The molecule has 1 saturated carbocycles. The minimum absolute atomic E-state index is 0.194. The summed E-state index contributed by atoms with van der Waals surface area (Å²) in [5.41, 5.74) is 0. The zero-order valence-electron chi connectivity index (χ0n) is 9.06. The van der Waals surface area contributed by atoms with Crippen LogP contribution in [0.5, 0.6) is 0 Å². The lowest BCUT2D eigenvalue weighted by molar-refractivity contribution is -0.152. The number of carbonyl (C=O) groups is 4. The topological polar surface area (TPSA) is 88.5 Å². The van der Waals surface area contributed by atoms with Gasteiger partial charge in [0.2, 0.25) is 0 Å². The standard InChI is InChI=1S/C11H14O5/c1-2-3-7(12)10-8(13)4-6(11(15)16)5-9(10)14/h6,10H,2-5H2,1H3,(H,15,16). The molecule has 0 radical (unpaired) electrons. The van der Waals surface area contributed by atoms with E-state index in [9.17, 15) is 19.2 Å². The number of hydrogen-bond donors (Lipinski definition) is 1. The third-order valence-electron chi connectivity index (χ3n) is 2.71. The largest absolute Gasteiger partial charge is 0.481 e. The van der Waals surface area contributed by atoms with Crippen molar-refractivity contribution in [2.45, 2.75) is 32.6 Å². The number of carbonyl (C=O) groups excluding carboxylic acids is 3. The second-order valence-electron chi connectivity index (χ2n) is 4.03. The van der Waals surface area contributed by atoms with Crippen LogP contribution in [0.15, 0.2) is 0 Å². The molecule has 0 heterocycles. The Morgan fingerprint density at radius 1 is 1.25 bits per heavy atom. The first-order valence-corrected chi connectivity index (χ1v) is 5.28.